The van der Waals surface area contributed by atoms with E-state index in [1.165, 1.54) is 11.1 Å². The molecule has 2 aliphatic rings. The third-order valence-electron chi connectivity index (χ3n) is 5.17. The van der Waals surface area contributed by atoms with E-state index in [9.17, 15) is 4.79 Å². The van der Waals surface area contributed by atoms with Crippen molar-refractivity contribution in [3.05, 3.63) is 58.9 Å². The summed E-state index contributed by atoms with van der Waals surface area (Å²) in [6.45, 7) is 2.61. The number of hydrogen-bond donors (Lipinski definition) is 0. The first kappa shape index (κ1) is 16.3. The van der Waals surface area contributed by atoms with Gasteiger partial charge in [0.1, 0.15) is 18.8 Å². The first-order valence-electron chi connectivity index (χ1n) is 8.91. The Balaban J connectivity index is 1.51. The van der Waals surface area contributed by atoms with Crippen LogP contribution in [0.3, 0.4) is 0 Å². The molecule has 3 aromatic rings. The van der Waals surface area contributed by atoms with Gasteiger partial charge in [0, 0.05) is 23.5 Å². The molecule has 0 bridgehead atoms. The number of rotatable bonds is 2. The number of halogens is 1. The molecule has 2 aromatic carbocycles. The summed E-state index contributed by atoms with van der Waals surface area (Å²) in [5, 5.41) is 1.66. The fourth-order valence-corrected chi connectivity index (χ4v) is 4.07. The molecule has 0 unspecified atom stereocenters. The van der Waals surface area contributed by atoms with E-state index < -0.39 is 0 Å². The van der Waals surface area contributed by atoms with Crippen molar-refractivity contribution in [2.45, 2.75) is 13.0 Å². The van der Waals surface area contributed by atoms with Crippen LogP contribution >= 0.6 is 11.6 Å². The largest absolute Gasteiger partial charge is 0.447 e. The molecule has 1 saturated heterocycles. The first-order valence-corrected chi connectivity index (χ1v) is 9.29. The number of ether oxygens (including phenoxy) is 1. The fraction of sp³-hybridized carbons (Fsp3) is 0.250. The number of hydrogen-bond acceptors (Lipinski definition) is 5. The van der Waals surface area contributed by atoms with Gasteiger partial charge in [-0.05, 0) is 41.8 Å². The predicted octanol–water partition coefficient (Wildman–Crippen LogP) is 3.80. The molecule has 7 heteroatoms. The minimum absolute atomic E-state index is 0.260. The maximum Gasteiger partial charge on any atom is 0.414 e. The Hall–Kier alpha value is -2.86. The van der Waals surface area contributed by atoms with Crippen LogP contribution in [0.25, 0.3) is 10.9 Å². The highest BCUT2D eigenvalue weighted by Gasteiger charge is 2.29. The van der Waals surface area contributed by atoms with Crippen molar-refractivity contribution in [3.8, 4) is 0 Å². The lowest BCUT2D eigenvalue weighted by molar-refractivity contribution is 0.181. The maximum absolute atomic E-state index is 12.0. The van der Waals surface area contributed by atoms with Crippen LogP contribution in [0.5, 0.6) is 0 Å². The average Bonchev–Trinajstić information content (AvgIpc) is 3.12. The summed E-state index contributed by atoms with van der Waals surface area (Å²) in [4.78, 5) is 24.8. The summed E-state index contributed by atoms with van der Waals surface area (Å²) in [6.07, 6.45) is 2.17. The summed E-state index contributed by atoms with van der Waals surface area (Å²) in [7, 11) is 0. The van der Waals surface area contributed by atoms with E-state index in [-0.39, 0.29) is 6.09 Å². The van der Waals surface area contributed by atoms with E-state index in [1.807, 2.05) is 30.3 Å². The number of carbonyl (C=O) groups is 1. The predicted molar refractivity (Wildman–Crippen MR) is 104 cm³/mol. The van der Waals surface area contributed by atoms with Crippen molar-refractivity contribution < 1.29 is 9.53 Å². The number of amides is 1. The van der Waals surface area contributed by atoms with Crippen LogP contribution in [0.4, 0.5) is 16.3 Å². The number of carbonyl (C=O) groups excluding carboxylic acids is 1. The van der Waals surface area contributed by atoms with Gasteiger partial charge in [-0.15, -0.1) is 0 Å². The fourth-order valence-electron chi connectivity index (χ4n) is 3.90. The zero-order valence-corrected chi connectivity index (χ0v) is 15.3. The second-order valence-corrected chi connectivity index (χ2v) is 7.15. The van der Waals surface area contributed by atoms with Gasteiger partial charge in [0.25, 0.3) is 0 Å². The topological polar surface area (TPSA) is 58.6 Å². The molecule has 0 atom stereocenters. The standard InChI is InChI=1S/C20H17ClN4O2/c21-14-4-5-16-17(10-14)22-12-23-19(16)24-7-6-15-13(11-24)2-1-3-18(15)25-8-9-27-20(25)26/h1-5,10,12H,6-9,11H2. The molecule has 0 aliphatic carbocycles. The van der Waals surface area contributed by atoms with E-state index in [0.717, 1.165) is 41.9 Å². The highest BCUT2D eigenvalue weighted by molar-refractivity contribution is 6.31. The van der Waals surface area contributed by atoms with E-state index in [1.54, 1.807) is 11.2 Å². The summed E-state index contributed by atoms with van der Waals surface area (Å²) < 4.78 is 5.11. The second-order valence-electron chi connectivity index (χ2n) is 6.71. The average molecular weight is 381 g/mol. The maximum atomic E-state index is 12.0. The highest BCUT2D eigenvalue weighted by Crippen LogP contribution is 2.34. The van der Waals surface area contributed by atoms with Crippen molar-refractivity contribution >= 4 is 40.1 Å². The zero-order chi connectivity index (χ0) is 18.4. The molecule has 136 valence electrons. The van der Waals surface area contributed by atoms with Crippen molar-refractivity contribution in [2.75, 3.05) is 29.5 Å². The molecule has 0 saturated carbocycles. The second kappa shape index (κ2) is 6.39. The Kier molecular flexibility index (Phi) is 3.86. The first-order chi connectivity index (χ1) is 13.2. The minimum Gasteiger partial charge on any atom is -0.447 e. The molecule has 5 rings (SSSR count). The smallest absolute Gasteiger partial charge is 0.414 e. The van der Waals surface area contributed by atoms with Crippen LogP contribution in [0.15, 0.2) is 42.7 Å². The number of benzene rings is 2. The Labute approximate surface area is 161 Å². The highest BCUT2D eigenvalue weighted by atomic mass is 35.5. The quantitative estimate of drug-likeness (QED) is 0.676. The van der Waals surface area contributed by atoms with E-state index in [2.05, 4.69) is 20.9 Å². The summed E-state index contributed by atoms with van der Waals surface area (Å²) in [6, 6.07) is 11.8. The molecule has 1 amide bonds. The lowest BCUT2D eigenvalue weighted by atomic mass is 9.97. The van der Waals surface area contributed by atoms with Gasteiger partial charge in [0.05, 0.1) is 17.7 Å². The number of aromatic nitrogens is 2. The number of fused-ring (bicyclic) bond motifs is 2. The molecule has 6 nitrogen and oxygen atoms in total. The van der Waals surface area contributed by atoms with Crippen molar-refractivity contribution in [1.82, 2.24) is 9.97 Å². The molecular formula is C20H17ClN4O2. The number of anilines is 2. The Morgan fingerprint density at radius 1 is 1.11 bits per heavy atom. The summed E-state index contributed by atoms with van der Waals surface area (Å²) >= 11 is 6.10. The molecule has 0 spiro atoms. The van der Waals surface area contributed by atoms with Crippen molar-refractivity contribution in [2.24, 2.45) is 0 Å². The Bertz CT molecular complexity index is 1060. The number of nitrogens with zero attached hydrogens (tertiary/aromatic N) is 4. The third-order valence-corrected chi connectivity index (χ3v) is 5.41. The molecular weight excluding hydrogens is 364 g/mol. The summed E-state index contributed by atoms with van der Waals surface area (Å²) in [5.74, 6) is 0.910. The molecule has 0 N–H and O–H groups in total. The SMILES string of the molecule is O=C1OCCN1c1cccc2c1CCN(c1ncnc3cc(Cl)ccc13)C2. The van der Waals surface area contributed by atoms with E-state index in [0.29, 0.717) is 18.2 Å². The van der Waals surface area contributed by atoms with Gasteiger partial charge < -0.3 is 9.64 Å². The van der Waals surface area contributed by atoms with E-state index in [4.69, 9.17) is 16.3 Å². The van der Waals surface area contributed by atoms with E-state index >= 15 is 0 Å². The lowest BCUT2D eigenvalue weighted by Crippen LogP contribution is -2.33. The third kappa shape index (κ3) is 2.77. The van der Waals surface area contributed by atoms with Gasteiger partial charge in [-0.3, -0.25) is 4.90 Å². The van der Waals surface area contributed by atoms with Crippen LogP contribution in [-0.2, 0) is 17.7 Å². The number of cyclic esters (lactones) is 1. The molecule has 0 radical (unpaired) electrons. The Morgan fingerprint density at radius 3 is 2.89 bits per heavy atom. The molecule has 1 fully saturated rings. The Morgan fingerprint density at radius 2 is 2.04 bits per heavy atom. The summed E-state index contributed by atoms with van der Waals surface area (Å²) in [5.41, 5.74) is 4.23. The molecule has 2 aliphatic heterocycles. The van der Waals surface area contributed by atoms with Gasteiger partial charge in [0.15, 0.2) is 0 Å². The monoisotopic (exact) mass is 380 g/mol. The van der Waals surface area contributed by atoms with Crippen LogP contribution in [-0.4, -0.2) is 35.8 Å². The van der Waals surface area contributed by atoms with Crippen LogP contribution in [0.1, 0.15) is 11.1 Å². The van der Waals surface area contributed by atoms with Crippen LogP contribution in [0, 0.1) is 0 Å². The van der Waals surface area contributed by atoms with Crippen molar-refractivity contribution in [3.63, 3.8) is 0 Å². The van der Waals surface area contributed by atoms with Gasteiger partial charge in [0.2, 0.25) is 0 Å². The molecule has 3 heterocycles. The van der Waals surface area contributed by atoms with Gasteiger partial charge in [-0.1, -0.05) is 23.7 Å². The van der Waals surface area contributed by atoms with Gasteiger partial charge in [-0.2, -0.15) is 0 Å². The lowest BCUT2D eigenvalue weighted by Gasteiger charge is -2.32. The minimum atomic E-state index is -0.260. The molecule has 27 heavy (non-hydrogen) atoms. The normalized spacial score (nSPS) is 16.6. The van der Waals surface area contributed by atoms with Gasteiger partial charge in [-0.25, -0.2) is 14.8 Å². The van der Waals surface area contributed by atoms with Gasteiger partial charge >= 0.3 is 6.09 Å². The van der Waals surface area contributed by atoms with Crippen LogP contribution < -0.4 is 9.80 Å². The molecule has 1 aromatic heterocycles. The van der Waals surface area contributed by atoms with Crippen LogP contribution in [0.2, 0.25) is 5.02 Å². The van der Waals surface area contributed by atoms with Crippen molar-refractivity contribution in [1.29, 1.82) is 0 Å². The zero-order valence-electron chi connectivity index (χ0n) is 14.6.